The Hall–Kier alpha value is -2.36. The van der Waals surface area contributed by atoms with Crippen LogP contribution in [0.5, 0.6) is 0 Å². The minimum absolute atomic E-state index is 0.0165. The van der Waals surface area contributed by atoms with Crippen LogP contribution in [0, 0.1) is 0 Å². The second kappa shape index (κ2) is 22.8. The van der Waals surface area contributed by atoms with E-state index in [1.54, 1.807) is 0 Å². The molecule has 8 N–H and O–H groups in total. The molecule has 0 saturated carbocycles. The van der Waals surface area contributed by atoms with Crippen molar-refractivity contribution in [1.82, 2.24) is 26.0 Å². The lowest BCUT2D eigenvalue weighted by Gasteiger charge is -2.15. The summed E-state index contributed by atoms with van der Waals surface area (Å²) in [7, 11) is 0. The van der Waals surface area contributed by atoms with Crippen molar-refractivity contribution >= 4 is 23.6 Å². The molecule has 0 spiro atoms. The summed E-state index contributed by atoms with van der Waals surface area (Å²) >= 11 is 0. The molecule has 0 aromatic heterocycles. The zero-order chi connectivity index (χ0) is 27.9. The van der Waals surface area contributed by atoms with E-state index in [0.717, 1.165) is 12.8 Å². The molecule has 14 nitrogen and oxygen atoms in total. The van der Waals surface area contributed by atoms with E-state index < -0.39 is 11.8 Å². The molecule has 0 aromatic rings. The summed E-state index contributed by atoms with van der Waals surface area (Å²) in [5.41, 5.74) is 5.39. The number of nitrogens with zero attached hydrogens (tertiary/aromatic N) is 3. The Morgan fingerprint density at radius 2 is 0.946 bits per heavy atom. The van der Waals surface area contributed by atoms with Crippen molar-refractivity contribution in [2.45, 2.75) is 83.5 Å². The zero-order valence-electron chi connectivity index (χ0n) is 21.8. The van der Waals surface area contributed by atoms with Gasteiger partial charge in [-0.2, -0.15) is 0 Å². The van der Waals surface area contributed by atoms with Crippen LogP contribution in [0.1, 0.15) is 83.5 Å². The van der Waals surface area contributed by atoms with Gasteiger partial charge in [-0.1, -0.05) is 18.1 Å². The van der Waals surface area contributed by atoms with Gasteiger partial charge >= 0.3 is 0 Å². The highest BCUT2D eigenvalue weighted by molar-refractivity contribution is 5.83. The summed E-state index contributed by atoms with van der Waals surface area (Å²) in [5, 5.41) is 43.4. The number of carbonyl (C=O) groups is 4. The van der Waals surface area contributed by atoms with Crippen molar-refractivity contribution in [2.24, 2.45) is 5.73 Å². The van der Waals surface area contributed by atoms with Gasteiger partial charge in [0.25, 0.3) is 0 Å². The Balaban J connectivity index is 3.73. The molecule has 0 unspecified atom stereocenters. The Kier molecular flexibility index (Phi) is 21.4. The third kappa shape index (κ3) is 21.4. The Bertz CT molecular complexity index is 653. The Morgan fingerprint density at radius 3 is 1.35 bits per heavy atom. The van der Waals surface area contributed by atoms with Crippen LogP contribution in [0.15, 0.2) is 0 Å². The van der Waals surface area contributed by atoms with Crippen LogP contribution in [0.3, 0.4) is 0 Å². The number of carbonyl (C=O) groups excluding carboxylic acids is 4. The van der Waals surface area contributed by atoms with E-state index in [0.29, 0.717) is 74.7 Å². The maximum atomic E-state index is 11.9. The van der Waals surface area contributed by atoms with Gasteiger partial charge in [0.05, 0.1) is 6.54 Å². The van der Waals surface area contributed by atoms with Crippen molar-refractivity contribution in [3.8, 4) is 0 Å². The fourth-order valence-corrected chi connectivity index (χ4v) is 3.28. The smallest absolute Gasteiger partial charge is 0.246 e. The standard InChI is InChI=1S/C23H46N6O8/c24-14-4-1-7-17-27(34)22(32)12-10-20(30)25-15-5-2-8-18-28(35)23(33)13-11-21(31)26-16-6-3-9-19-29(36)37/h34-37H,1-19,24H2,(H,25,30)(H,26,31). The average Bonchev–Trinajstić information content (AvgIpc) is 2.87. The number of nitrogens with two attached hydrogens (primary N) is 1. The largest absolute Gasteiger partial charge is 0.356 e. The second-order valence-electron chi connectivity index (χ2n) is 8.80. The predicted octanol–water partition coefficient (Wildman–Crippen LogP) is 0.765. The van der Waals surface area contributed by atoms with Crippen molar-refractivity contribution in [2.75, 3.05) is 39.3 Å². The first-order valence-corrected chi connectivity index (χ1v) is 13.0. The van der Waals surface area contributed by atoms with E-state index in [4.69, 9.17) is 16.1 Å². The number of hydrogen-bond acceptors (Lipinski definition) is 10. The van der Waals surface area contributed by atoms with Gasteiger partial charge in [-0.25, -0.2) is 10.1 Å². The molecule has 14 heteroatoms. The summed E-state index contributed by atoms with van der Waals surface area (Å²) in [6.45, 7) is 1.86. The lowest BCUT2D eigenvalue weighted by Crippen LogP contribution is -2.31. The molecule has 0 radical (unpaired) electrons. The van der Waals surface area contributed by atoms with Crippen molar-refractivity contribution in [3.63, 3.8) is 0 Å². The predicted molar refractivity (Wildman–Crippen MR) is 132 cm³/mol. The van der Waals surface area contributed by atoms with E-state index in [1.165, 1.54) is 0 Å². The average molecular weight is 535 g/mol. The monoisotopic (exact) mass is 534 g/mol. The molecule has 216 valence electrons. The topological polar surface area (TPSA) is 209 Å². The quantitative estimate of drug-likeness (QED) is 0.0556. The third-order valence-corrected chi connectivity index (χ3v) is 5.51. The molecule has 0 heterocycles. The van der Waals surface area contributed by atoms with Gasteiger partial charge in [-0.05, 0) is 51.5 Å². The Morgan fingerprint density at radius 1 is 0.541 bits per heavy atom. The maximum Gasteiger partial charge on any atom is 0.246 e. The highest BCUT2D eigenvalue weighted by Gasteiger charge is 2.14. The summed E-state index contributed by atoms with van der Waals surface area (Å²) < 4.78 is 0. The number of unbranched alkanes of at least 4 members (excludes halogenated alkanes) is 6. The summed E-state index contributed by atoms with van der Waals surface area (Å²) in [6, 6.07) is 0. The molecule has 0 rings (SSSR count). The van der Waals surface area contributed by atoms with Crippen LogP contribution in [0.25, 0.3) is 0 Å². The summed E-state index contributed by atoms with van der Waals surface area (Å²) in [4.78, 5) is 47.3. The number of hydrogen-bond donors (Lipinski definition) is 7. The molecule has 0 atom stereocenters. The molecule has 4 amide bonds. The number of hydroxylamine groups is 6. The number of amides is 4. The van der Waals surface area contributed by atoms with E-state index in [-0.39, 0.29) is 62.4 Å². The molecule has 0 aromatic carbocycles. The maximum absolute atomic E-state index is 11.9. The SMILES string of the molecule is NCCCCCN(O)C(=O)CCC(=O)NCCCCCN(O)C(=O)CCC(=O)NCCCCCN(O)O. The molecular formula is C23H46N6O8. The first-order valence-electron chi connectivity index (χ1n) is 13.0. The lowest BCUT2D eigenvalue weighted by molar-refractivity contribution is -0.306. The Labute approximate surface area is 218 Å². The van der Waals surface area contributed by atoms with Gasteiger partial charge in [-0.3, -0.25) is 40.0 Å². The molecule has 0 bridgehead atoms. The normalized spacial score (nSPS) is 10.9. The van der Waals surface area contributed by atoms with Crippen molar-refractivity contribution in [1.29, 1.82) is 0 Å². The first-order chi connectivity index (χ1) is 17.7. The van der Waals surface area contributed by atoms with Gasteiger partial charge in [0.15, 0.2) is 0 Å². The van der Waals surface area contributed by atoms with E-state index in [2.05, 4.69) is 10.6 Å². The summed E-state index contributed by atoms with van der Waals surface area (Å²) in [5.74, 6) is -1.62. The van der Waals surface area contributed by atoms with Gasteiger partial charge < -0.3 is 16.4 Å². The molecule has 0 fully saturated rings. The molecule has 0 aliphatic carbocycles. The highest BCUT2D eigenvalue weighted by Crippen LogP contribution is 2.03. The molecule has 0 aliphatic rings. The highest BCUT2D eigenvalue weighted by atomic mass is 16.8. The second-order valence-corrected chi connectivity index (χ2v) is 8.80. The zero-order valence-corrected chi connectivity index (χ0v) is 21.8. The van der Waals surface area contributed by atoms with Crippen LogP contribution < -0.4 is 16.4 Å². The molecular weight excluding hydrogens is 488 g/mol. The first kappa shape index (κ1) is 34.6. The van der Waals surface area contributed by atoms with Crippen LogP contribution in [-0.2, 0) is 19.2 Å². The number of nitrogens with one attached hydrogen (secondary N) is 2. The molecule has 0 aliphatic heterocycles. The molecule has 0 saturated heterocycles. The van der Waals surface area contributed by atoms with Gasteiger partial charge in [0, 0.05) is 51.9 Å². The van der Waals surface area contributed by atoms with Crippen LogP contribution in [0.4, 0.5) is 0 Å². The fraction of sp³-hybridized carbons (Fsp3) is 0.826. The van der Waals surface area contributed by atoms with Crippen molar-refractivity contribution < 1.29 is 40.0 Å². The van der Waals surface area contributed by atoms with E-state index in [1.807, 2.05) is 0 Å². The van der Waals surface area contributed by atoms with Crippen LogP contribution >= 0.6 is 0 Å². The van der Waals surface area contributed by atoms with Gasteiger partial charge in [0.1, 0.15) is 0 Å². The lowest BCUT2D eigenvalue weighted by atomic mass is 10.2. The van der Waals surface area contributed by atoms with Gasteiger partial charge in [0.2, 0.25) is 23.6 Å². The minimum Gasteiger partial charge on any atom is -0.356 e. The van der Waals surface area contributed by atoms with E-state index in [9.17, 15) is 29.6 Å². The van der Waals surface area contributed by atoms with Crippen LogP contribution in [-0.4, -0.2) is 99.1 Å². The fourth-order valence-electron chi connectivity index (χ4n) is 3.28. The summed E-state index contributed by atoms with van der Waals surface area (Å²) in [6.07, 6.45) is 5.83. The van der Waals surface area contributed by atoms with Gasteiger partial charge in [-0.15, -0.1) is 0 Å². The molecule has 37 heavy (non-hydrogen) atoms. The number of rotatable bonds is 23. The third-order valence-electron chi connectivity index (χ3n) is 5.51. The van der Waals surface area contributed by atoms with E-state index >= 15 is 0 Å². The van der Waals surface area contributed by atoms with Crippen molar-refractivity contribution in [3.05, 3.63) is 0 Å². The minimum atomic E-state index is -0.545. The van der Waals surface area contributed by atoms with Crippen LogP contribution in [0.2, 0.25) is 0 Å².